The van der Waals surface area contributed by atoms with Gasteiger partial charge >= 0.3 is 5.97 Å². The van der Waals surface area contributed by atoms with Gasteiger partial charge in [-0.05, 0) is 6.07 Å². The minimum Gasteiger partial charge on any atom is -0.480 e. The van der Waals surface area contributed by atoms with Crippen LogP contribution in [0.4, 0.5) is 14.5 Å². The van der Waals surface area contributed by atoms with Crippen LogP contribution in [-0.2, 0) is 9.59 Å². The van der Waals surface area contributed by atoms with Crippen LogP contribution < -0.4 is 11.1 Å². The predicted octanol–water partition coefficient (Wildman–Crippen LogP) is 0.314. The summed E-state index contributed by atoms with van der Waals surface area (Å²) in [4.78, 5) is 21.2. The molecule has 8 heteroatoms. The first-order chi connectivity index (χ1) is 8.32. The molecule has 96 valence electrons. The van der Waals surface area contributed by atoms with Gasteiger partial charge in [0.25, 0.3) is 5.91 Å². The van der Waals surface area contributed by atoms with Crippen molar-refractivity contribution < 1.29 is 23.5 Å². The average Bonchev–Trinajstić information content (AvgIpc) is 2.28. The minimum absolute atomic E-state index is 0.194. The standard InChI is InChI=1S/C10H9F2N3O3/c11-5-1-4(9(13)10(14)18)7(2-6(5)12)15-3-8(16)17/h1-2,13,15H,3H2,(H2,14,18)(H,16,17). The Morgan fingerprint density at radius 2 is 1.89 bits per heavy atom. The summed E-state index contributed by atoms with van der Waals surface area (Å²) in [6.45, 7) is -0.579. The molecule has 18 heavy (non-hydrogen) atoms. The molecule has 1 aromatic rings. The van der Waals surface area contributed by atoms with E-state index < -0.39 is 35.8 Å². The third-order valence-electron chi connectivity index (χ3n) is 2.01. The zero-order valence-electron chi connectivity index (χ0n) is 8.96. The van der Waals surface area contributed by atoms with E-state index in [9.17, 15) is 18.4 Å². The zero-order chi connectivity index (χ0) is 13.9. The lowest BCUT2D eigenvalue weighted by Gasteiger charge is -2.10. The van der Waals surface area contributed by atoms with Crippen LogP contribution in [-0.4, -0.2) is 29.2 Å². The number of nitrogens with one attached hydrogen (secondary N) is 2. The topological polar surface area (TPSA) is 116 Å². The van der Waals surface area contributed by atoms with E-state index in [1.54, 1.807) is 0 Å². The number of anilines is 1. The van der Waals surface area contributed by atoms with Gasteiger partial charge in [0.15, 0.2) is 11.6 Å². The smallest absolute Gasteiger partial charge is 0.322 e. The SMILES string of the molecule is N=C(C(N)=O)c1cc(F)c(F)cc1NCC(=O)O. The van der Waals surface area contributed by atoms with Gasteiger partial charge in [-0.2, -0.15) is 0 Å². The van der Waals surface area contributed by atoms with E-state index in [-0.39, 0.29) is 11.3 Å². The van der Waals surface area contributed by atoms with Crippen molar-refractivity contribution >= 4 is 23.3 Å². The van der Waals surface area contributed by atoms with Gasteiger partial charge < -0.3 is 16.2 Å². The quantitative estimate of drug-likeness (QED) is 0.568. The summed E-state index contributed by atoms with van der Waals surface area (Å²) >= 11 is 0. The normalized spacial score (nSPS) is 9.89. The number of halogens is 2. The maximum absolute atomic E-state index is 13.0. The van der Waals surface area contributed by atoms with Gasteiger partial charge in [0.1, 0.15) is 12.3 Å². The second-order valence-corrected chi connectivity index (χ2v) is 3.30. The number of nitrogens with two attached hydrogens (primary N) is 1. The average molecular weight is 257 g/mol. The van der Waals surface area contributed by atoms with Gasteiger partial charge in [-0.3, -0.25) is 15.0 Å². The molecular formula is C10H9F2N3O3. The molecule has 6 nitrogen and oxygen atoms in total. The van der Waals surface area contributed by atoms with Gasteiger partial charge in [-0.15, -0.1) is 0 Å². The summed E-state index contributed by atoms with van der Waals surface area (Å²) < 4.78 is 26.0. The Balaban J connectivity index is 3.20. The molecule has 0 fully saturated rings. The Hall–Kier alpha value is -2.51. The molecule has 0 atom stereocenters. The first-order valence-corrected chi connectivity index (χ1v) is 4.66. The highest BCUT2D eigenvalue weighted by Gasteiger charge is 2.17. The van der Waals surface area contributed by atoms with E-state index in [1.165, 1.54) is 0 Å². The molecule has 0 aromatic heterocycles. The fraction of sp³-hybridized carbons (Fsp3) is 0.100. The number of amides is 1. The summed E-state index contributed by atoms with van der Waals surface area (Å²) in [6.07, 6.45) is 0. The Kier molecular flexibility index (Phi) is 3.93. The lowest BCUT2D eigenvalue weighted by atomic mass is 10.1. The molecule has 0 radical (unpaired) electrons. The zero-order valence-corrected chi connectivity index (χ0v) is 8.96. The fourth-order valence-corrected chi connectivity index (χ4v) is 1.20. The van der Waals surface area contributed by atoms with Crippen molar-refractivity contribution in [3.05, 3.63) is 29.3 Å². The predicted molar refractivity (Wildman–Crippen MR) is 58.5 cm³/mol. The second kappa shape index (κ2) is 5.21. The number of aliphatic carboxylic acids is 1. The van der Waals surface area contributed by atoms with Crippen LogP contribution in [0.1, 0.15) is 5.56 Å². The van der Waals surface area contributed by atoms with Crippen LogP contribution in [0.5, 0.6) is 0 Å². The highest BCUT2D eigenvalue weighted by Crippen LogP contribution is 2.20. The fourth-order valence-electron chi connectivity index (χ4n) is 1.20. The molecule has 5 N–H and O–H groups in total. The number of carboxylic acids is 1. The number of carboxylic acid groups (broad SMARTS) is 1. The molecule has 1 aromatic carbocycles. The first-order valence-electron chi connectivity index (χ1n) is 4.66. The third-order valence-corrected chi connectivity index (χ3v) is 2.01. The molecule has 0 bridgehead atoms. The Morgan fingerprint density at radius 3 is 2.39 bits per heavy atom. The molecule has 0 aliphatic heterocycles. The summed E-state index contributed by atoms with van der Waals surface area (Å²) in [5, 5.41) is 18.1. The van der Waals surface area contributed by atoms with E-state index in [0.29, 0.717) is 12.1 Å². The van der Waals surface area contributed by atoms with Crippen LogP contribution in [0.25, 0.3) is 0 Å². The van der Waals surface area contributed by atoms with Gasteiger partial charge in [0.05, 0.1) is 0 Å². The van der Waals surface area contributed by atoms with Crippen molar-refractivity contribution in [1.29, 1.82) is 5.41 Å². The highest BCUT2D eigenvalue weighted by molar-refractivity contribution is 6.44. The maximum Gasteiger partial charge on any atom is 0.322 e. The minimum atomic E-state index is -1.27. The molecule has 1 amide bonds. The second-order valence-electron chi connectivity index (χ2n) is 3.30. The monoisotopic (exact) mass is 257 g/mol. The summed E-state index contributed by atoms with van der Waals surface area (Å²) in [7, 11) is 0. The molecule has 0 spiro atoms. The van der Waals surface area contributed by atoms with Crippen LogP contribution in [0, 0.1) is 17.0 Å². The number of rotatable bonds is 5. The lowest BCUT2D eigenvalue weighted by Crippen LogP contribution is -2.25. The molecule has 1 rings (SSSR count). The van der Waals surface area contributed by atoms with Crippen LogP contribution in [0.15, 0.2) is 12.1 Å². The molecule has 0 heterocycles. The number of carbonyl (C=O) groups is 2. The Labute approximate surface area is 99.9 Å². The van der Waals surface area contributed by atoms with E-state index >= 15 is 0 Å². The highest BCUT2D eigenvalue weighted by atomic mass is 19.2. The van der Waals surface area contributed by atoms with Crippen LogP contribution >= 0.6 is 0 Å². The van der Waals surface area contributed by atoms with Crippen LogP contribution in [0.3, 0.4) is 0 Å². The largest absolute Gasteiger partial charge is 0.480 e. The first kappa shape index (κ1) is 13.6. The molecule has 0 saturated heterocycles. The summed E-state index contributed by atoms with van der Waals surface area (Å²) in [5.41, 5.74) is 3.61. The van der Waals surface area contributed by atoms with Crippen molar-refractivity contribution in [2.24, 2.45) is 5.73 Å². The van der Waals surface area contributed by atoms with Crippen molar-refractivity contribution in [2.45, 2.75) is 0 Å². The van der Waals surface area contributed by atoms with E-state index in [1.807, 2.05) is 0 Å². The van der Waals surface area contributed by atoms with E-state index in [2.05, 4.69) is 5.32 Å². The number of hydrogen-bond acceptors (Lipinski definition) is 4. The molecule has 0 unspecified atom stereocenters. The van der Waals surface area contributed by atoms with Crippen molar-refractivity contribution in [3.63, 3.8) is 0 Å². The molecule has 0 saturated carbocycles. The van der Waals surface area contributed by atoms with Gasteiger partial charge in [0.2, 0.25) is 0 Å². The summed E-state index contributed by atoms with van der Waals surface area (Å²) in [5.74, 6) is -4.88. The Bertz CT molecular complexity index is 531. The van der Waals surface area contributed by atoms with Gasteiger partial charge in [0, 0.05) is 17.3 Å². The lowest BCUT2D eigenvalue weighted by molar-refractivity contribution is -0.134. The number of carbonyl (C=O) groups excluding carboxylic acids is 1. The van der Waals surface area contributed by atoms with Crippen molar-refractivity contribution in [3.8, 4) is 0 Å². The molecule has 0 aliphatic carbocycles. The van der Waals surface area contributed by atoms with E-state index in [0.717, 1.165) is 0 Å². The number of benzene rings is 1. The van der Waals surface area contributed by atoms with Gasteiger partial charge in [-0.1, -0.05) is 0 Å². The number of hydrogen-bond donors (Lipinski definition) is 4. The van der Waals surface area contributed by atoms with Crippen LogP contribution in [0.2, 0.25) is 0 Å². The van der Waals surface area contributed by atoms with Crippen molar-refractivity contribution in [2.75, 3.05) is 11.9 Å². The maximum atomic E-state index is 13.0. The van der Waals surface area contributed by atoms with E-state index in [4.69, 9.17) is 16.2 Å². The third kappa shape index (κ3) is 3.00. The van der Waals surface area contributed by atoms with Gasteiger partial charge in [-0.25, -0.2) is 8.78 Å². The van der Waals surface area contributed by atoms with Crippen molar-refractivity contribution in [1.82, 2.24) is 0 Å². The molecular weight excluding hydrogens is 248 g/mol. The molecule has 0 aliphatic rings. The Morgan fingerprint density at radius 1 is 1.33 bits per heavy atom. The number of primary amides is 1. The summed E-state index contributed by atoms with van der Waals surface area (Å²) in [6, 6.07) is 1.26.